The molecule has 1 saturated heterocycles. The monoisotopic (exact) mass is 378 g/mol. The molecule has 1 fully saturated rings. The Hall–Kier alpha value is -2.24. The third-order valence-electron chi connectivity index (χ3n) is 4.07. The molecule has 2 aromatic rings. The number of nitrogens with zero attached hydrogens (tertiary/aromatic N) is 1. The van der Waals surface area contributed by atoms with Crippen LogP contribution in [0.25, 0.3) is 0 Å². The SMILES string of the molecule is C[C@@]1(c2ccc(Cl)cc2Cl)NC(=O)N(CCOc2ccccc2)C1=O. The number of nitrogens with one attached hydrogen (secondary N) is 1. The molecule has 1 heterocycles. The van der Waals surface area contributed by atoms with Crippen molar-refractivity contribution in [3.8, 4) is 5.75 Å². The second-order valence-electron chi connectivity index (χ2n) is 5.80. The molecule has 25 heavy (non-hydrogen) atoms. The van der Waals surface area contributed by atoms with Gasteiger partial charge in [0.05, 0.1) is 6.54 Å². The third-order valence-corrected chi connectivity index (χ3v) is 4.62. The Balaban J connectivity index is 1.73. The number of benzene rings is 2. The molecular weight excluding hydrogens is 363 g/mol. The molecule has 130 valence electrons. The van der Waals surface area contributed by atoms with Crippen LogP contribution in [0.15, 0.2) is 48.5 Å². The maximum Gasteiger partial charge on any atom is 0.325 e. The molecule has 0 unspecified atom stereocenters. The number of hydrogen-bond donors (Lipinski definition) is 1. The van der Waals surface area contributed by atoms with Crippen LogP contribution >= 0.6 is 23.2 Å². The highest BCUT2D eigenvalue weighted by atomic mass is 35.5. The molecule has 0 aromatic heterocycles. The summed E-state index contributed by atoms with van der Waals surface area (Å²) in [5.41, 5.74) is -0.728. The summed E-state index contributed by atoms with van der Waals surface area (Å²) in [5.74, 6) is 0.302. The van der Waals surface area contributed by atoms with Crippen LogP contribution in [0.5, 0.6) is 5.75 Å². The van der Waals surface area contributed by atoms with Crippen molar-refractivity contribution in [2.45, 2.75) is 12.5 Å². The molecule has 5 nitrogen and oxygen atoms in total. The van der Waals surface area contributed by atoms with Gasteiger partial charge in [0.15, 0.2) is 0 Å². The highest BCUT2D eigenvalue weighted by Gasteiger charge is 2.49. The van der Waals surface area contributed by atoms with Gasteiger partial charge in [-0.3, -0.25) is 9.69 Å². The number of halogens is 2. The highest BCUT2D eigenvalue weighted by Crippen LogP contribution is 2.34. The first-order chi connectivity index (χ1) is 11.9. The Morgan fingerprint density at radius 2 is 1.84 bits per heavy atom. The first-order valence-corrected chi connectivity index (χ1v) is 8.45. The van der Waals surface area contributed by atoms with Crippen molar-refractivity contribution in [1.82, 2.24) is 10.2 Å². The molecule has 7 heteroatoms. The molecule has 0 radical (unpaired) electrons. The molecule has 1 atom stereocenters. The van der Waals surface area contributed by atoms with E-state index in [1.54, 1.807) is 25.1 Å². The fourth-order valence-electron chi connectivity index (χ4n) is 2.75. The molecule has 2 aromatic carbocycles. The van der Waals surface area contributed by atoms with Gasteiger partial charge in [0.1, 0.15) is 17.9 Å². The van der Waals surface area contributed by atoms with Gasteiger partial charge in [-0.1, -0.05) is 47.5 Å². The summed E-state index contributed by atoms with van der Waals surface area (Å²) in [6, 6.07) is 13.5. The number of para-hydroxylation sites is 1. The van der Waals surface area contributed by atoms with Gasteiger partial charge in [-0.25, -0.2) is 4.79 Å². The molecule has 0 spiro atoms. The lowest BCUT2D eigenvalue weighted by molar-refractivity contribution is -0.131. The van der Waals surface area contributed by atoms with E-state index in [0.29, 0.717) is 21.4 Å². The standard InChI is InChI=1S/C18H16Cl2N2O3/c1-18(14-8-7-12(19)11-15(14)20)16(23)22(17(24)21-18)9-10-25-13-5-3-2-4-6-13/h2-8,11H,9-10H2,1H3,(H,21,24)/t18-/m0/s1. The summed E-state index contributed by atoms with van der Waals surface area (Å²) >= 11 is 12.1. The normalized spacial score (nSPS) is 19.9. The number of carbonyl (C=O) groups excluding carboxylic acids is 2. The van der Waals surface area contributed by atoms with Crippen LogP contribution in [0.4, 0.5) is 4.79 Å². The van der Waals surface area contributed by atoms with Gasteiger partial charge in [0, 0.05) is 15.6 Å². The van der Waals surface area contributed by atoms with Crippen LogP contribution < -0.4 is 10.1 Å². The molecular formula is C18H16Cl2N2O3. The van der Waals surface area contributed by atoms with Crippen LogP contribution in [0.3, 0.4) is 0 Å². The third kappa shape index (κ3) is 3.43. The number of carbonyl (C=O) groups is 2. The lowest BCUT2D eigenvalue weighted by Crippen LogP contribution is -2.41. The Kier molecular flexibility index (Phi) is 4.88. The number of urea groups is 1. The molecule has 0 saturated carbocycles. The van der Waals surface area contributed by atoms with Gasteiger partial charge < -0.3 is 10.1 Å². The minimum absolute atomic E-state index is 0.139. The van der Waals surface area contributed by atoms with Crippen LogP contribution in [-0.2, 0) is 10.3 Å². The zero-order chi connectivity index (χ0) is 18.0. The van der Waals surface area contributed by atoms with Gasteiger partial charge >= 0.3 is 6.03 Å². The van der Waals surface area contributed by atoms with Crippen molar-refractivity contribution in [3.05, 3.63) is 64.1 Å². The minimum atomic E-state index is -1.23. The minimum Gasteiger partial charge on any atom is -0.492 e. The molecule has 0 aliphatic carbocycles. The van der Waals surface area contributed by atoms with Crippen molar-refractivity contribution >= 4 is 35.1 Å². The first-order valence-electron chi connectivity index (χ1n) is 7.69. The van der Waals surface area contributed by atoms with E-state index in [2.05, 4.69) is 5.32 Å². The van der Waals surface area contributed by atoms with E-state index in [0.717, 1.165) is 4.90 Å². The average molecular weight is 379 g/mol. The molecule has 1 N–H and O–H groups in total. The molecule has 3 amide bonds. The van der Waals surface area contributed by atoms with Crippen molar-refractivity contribution < 1.29 is 14.3 Å². The second kappa shape index (κ2) is 6.94. The van der Waals surface area contributed by atoms with Crippen LogP contribution in [0.2, 0.25) is 10.0 Å². The lowest BCUT2D eigenvalue weighted by atomic mass is 9.92. The maximum atomic E-state index is 12.8. The lowest BCUT2D eigenvalue weighted by Gasteiger charge is -2.23. The Labute approximate surface area is 155 Å². The van der Waals surface area contributed by atoms with Gasteiger partial charge in [0.2, 0.25) is 0 Å². The van der Waals surface area contributed by atoms with Gasteiger partial charge in [-0.05, 0) is 31.2 Å². The summed E-state index contributed by atoms with van der Waals surface area (Å²) in [6.45, 7) is 1.97. The smallest absolute Gasteiger partial charge is 0.325 e. The first kappa shape index (κ1) is 17.6. The van der Waals surface area contributed by atoms with Crippen LogP contribution in [0, 0.1) is 0 Å². The number of ether oxygens (including phenoxy) is 1. The zero-order valence-corrected chi connectivity index (χ0v) is 15.0. The summed E-state index contributed by atoms with van der Waals surface area (Å²) in [5, 5.41) is 3.50. The quantitative estimate of drug-likeness (QED) is 0.804. The van der Waals surface area contributed by atoms with E-state index in [1.807, 2.05) is 30.3 Å². The average Bonchev–Trinajstić information content (AvgIpc) is 2.79. The highest BCUT2D eigenvalue weighted by molar-refractivity contribution is 6.35. The number of amides is 3. The van der Waals surface area contributed by atoms with Crippen molar-refractivity contribution in [1.29, 1.82) is 0 Å². The maximum absolute atomic E-state index is 12.8. The van der Waals surface area contributed by atoms with Crippen molar-refractivity contribution in [3.63, 3.8) is 0 Å². The van der Waals surface area contributed by atoms with E-state index in [-0.39, 0.29) is 19.1 Å². The predicted octanol–water partition coefficient (Wildman–Crippen LogP) is 3.84. The van der Waals surface area contributed by atoms with E-state index in [4.69, 9.17) is 27.9 Å². The zero-order valence-electron chi connectivity index (χ0n) is 13.5. The van der Waals surface area contributed by atoms with Crippen LogP contribution in [0.1, 0.15) is 12.5 Å². The second-order valence-corrected chi connectivity index (χ2v) is 6.64. The van der Waals surface area contributed by atoms with E-state index < -0.39 is 11.6 Å². The molecule has 1 aliphatic heterocycles. The largest absolute Gasteiger partial charge is 0.492 e. The molecule has 1 aliphatic rings. The molecule has 0 bridgehead atoms. The van der Waals surface area contributed by atoms with E-state index >= 15 is 0 Å². The van der Waals surface area contributed by atoms with Crippen molar-refractivity contribution in [2.75, 3.05) is 13.2 Å². The topological polar surface area (TPSA) is 58.6 Å². The molecule has 3 rings (SSSR count). The van der Waals surface area contributed by atoms with E-state index in [1.165, 1.54) is 0 Å². The Morgan fingerprint density at radius 1 is 1.12 bits per heavy atom. The van der Waals surface area contributed by atoms with Crippen molar-refractivity contribution in [2.24, 2.45) is 0 Å². The number of rotatable bonds is 5. The fourth-order valence-corrected chi connectivity index (χ4v) is 3.35. The Bertz CT molecular complexity index is 813. The number of hydrogen-bond acceptors (Lipinski definition) is 3. The van der Waals surface area contributed by atoms with Crippen LogP contribution in [-0.4, -0.2) is 30.0 Å². The summed E-state index contributed by atoms with van der Waals surface area (Å²) in [7, 11) is 0. The Morgan fingerprint density at radius 3 is 2.52 bits per heavy atom. The predicted molar refractivity (Wildman–Crippen MR) is 96.0 cm³/mol. The van der Waals surface area contributed by atoms with Gasteiger partial charge in [-0.15, -0.1) is 0 Å². The van der Waals surface area contributed by atoms with Gasteiger partial charge in [-0.2, -0.15) is 0 Å². The van der Waals surface area contributed by atoms with E-state index in [9.17, 15) is 9.59 Å². The number of imide groups is 1. The fraction of sp³-hybridized carbons (Fsp3) is 0.222. The summed E-state index contributed by atoms with van der Waals surface area (Å²) in [6.07, 6.45) is 0. The summed E-state index contributed by atoms with van der Waals surface area (Å²) < 4.78 is 5.56. The summed E-state index contributed by atoms with van der Waals surface area (Å²) in [4.78, 5) is 26.2. The van der Waals surface area contributed by atoms with Gasteiger partial charge in [0.25, 0.3) is 5.91 Å².